The van der Waals surface area contributed by atoms with Crippen molar-refractivity contribution in [2.24, 2.45) is 5.92 Å². The fraction of sp³-hybridized carbons (Fsp3) is 0.667. The molecule has 0 aromatic carbocycles. The monoisotopic (exact) mass is 163 g/mol. The summed E-state index contributed by atoms with van der Waals surface area (Å²) in [5.41, 5.74) is 2.84. The molecule has 3 nitrogen and oxygen atoms in total. The van der Waals surface area contributed by atoms with Gasteiger partial charge in [-0.25, -0.2) is 0 Å². The van der Waals surface area contributed by atoms with E-state index in [9.17, 15) is 0 Å². The largest absolute Gasteiger partial charge is 0.316 e. The van der Waals surface area contributed by atoms with Crippen LogP contribution >= 0.6 is 0 Å². The molecule has 1 aromatic heterocycles. The minimum Gasteiger partial charge on any atom is -0.316 e. The Labute approximate surface area is 71.6 Å². The molecule has 3 heteroatoms. The van der Waals surface area contributed by atoms with Crippen molar-refractivity contribution in [1.82, 2.24) is 15.5 Å². The predicted octanol–water partition coefficient (Wildman–Crippen LogP) is 0.659. The Hall–Kier alpha value is -0.830. The van der Waals surface area contributed by atoms with Crippen molar-refractivity contribution in [3.8, 4) is 0 Å². The van der Waals surface area contributed by atoms with Gasteiger partial charge < -0.3 is 5.32 Å². The summed E-state index contributed by atoms with van der Waals surface area (Å²) in [6, 6.07) is 0. The minimum absolute atomic E-state index is 0.719. The predicted molar refractivity (Wildman–Crippen MR) is 46.0 cm³/mol. The van der Waals surface area contributed by atoms with Crippen LogP contribution in [-0.4, -0.2) is 23.3 Å². The highest BCUT2D eigenvalue weighted by Crippen LogP contribution is 2.36. The summed E-state index contributed by atoms with van der Waals surface area (Å²) < 4.78 is 0. The van der Waals surface area contributed by atoms with Gasteiger partial charge >= 0.3 is 0 Å². The highest BCUT2D eigenvalue weighted by molar-refractivity contribution is 5.26. The Morgan fingerprint density at radius 1 is 1.42 bits per heavy atom. The zero-order chi connectivity index (χ0) is 7.97. The highest BCUT2D eigenvalue weighted by Gasteiger charge is 2.34. The van der Waals surface area contributed by atoms with Gasteiger partial charge in [0.05, 0.1) is 6.20 Å². The van der Waals surface area contributed by atoms with Crippen LogP contribution in [0.2, 0.25) is 0 Å². The van der Waals surface area contributed by atoms with Crippen LogP contribution in [0.5, 0.6) is 0 Å². The van der Waals surface area contributed by atoms with Crippen LogP contribution in [0, 0.1) is 5.92 Å². The molecule has 1 aliphatic heterocycles. The highest BCUT2D eigenvalue weighted by atomic mass is 15.1. The van der Waals surface area contributed by atoms with Crippen LogP contribution in [0.1, 0.15) is 23.6 Å². The number of hydrogen-bond donors (Lipinski definition) is 2. The first-order valence-corrected chi connectivity index (χ1v) is 4.68. The lowest BCUT2D eigenvalue weighted by Crippen LogP contribution is -2.18. The van der Waals surface area contributed by atoms with Crippen molar-refractivity contribution in [3.05, 3.63) is 17.5 Å². The fourth-order valence-corrected chi connectivity index (χ4v) is 2.56. The van der Waals surface area contributed by atoms with E-state index in [-0.39, 0.29) is 0 Å². The van der Waals surface area contributed by atoms with Gasteiger partial charge in [0.25, 0.3) is 0 Å². The molecule has 0 unspecified atom stereocenters. The Morgan fingerprint density at radius 3 is 3.42 bits per heavy atom. The molecular formula is C9H13N3. The van der Waals surface area contributed by atoms with Crippen LogP contribution in [0.25, 0.3) is 0 Å². The van der Waals surface area contributed by atoms with Crippen molar-refractivity contribution in [3.63, 3.8) is 0 Å². The van der Waals surface area contributed by atoms with Gasteiger partial charge in [0.15, 0.2) is 0 Å². The van der Waals surface area contributed by atoms with E-state index >= 15 is 0 Å². The van der Waals surface area contributed by atoms with E-state index in [1.165, 1.54) is 30.6 Å². The summed E-state index contributed by atoms with van der Waals surface area (Å²) >= 11 is 0. The summed E-state index contributed by atoms with van der Waals surface area (Å²) in [4.78, 5) is 0. The molecule has 0 saturated carbocycles. The molecule has 0 radical (unpaired) electrons. The maximum absolute atomic E-state index is 4.11. The molecule has 12 heavy (non-hydrogen) atoms. The number of rotatable bonds is 0. The van der Waals surface area contributed by atoms with Crippen LogP contribution in [0.4, 0.5) is 0 Å². The van der Waals surface area contributed by atoms with Crippen molar-refractivity contribution in [2.45, 2.75) is 18.8 Å². The zero-order valence-electron chi connectivity index (χ0n) is 7.01. The molecule has 3 rings (SSSR count). The molecule has 0 bridgehead atoms. The molecule has 2 aliphatic rings. The van der Waals surface area contributed by atoms with Crippen LogP contribution < -0.4 is 5.32 Å². The standard InChI is InChI=1S/C9H13N3/c1-2-7-4-11-12-9(7)8-5-10-3-6(1)8/h4,6,8,10H,1-3,5H2,(H,11,12)/t6-,8-/m1/s1. The van der Waals surface area contributed by atoms with Gasteiger partial charge in [0, 0.05) is 18.2 Å². The first kappa shape index (κ1) is 6.66. The van der Waals surface area contributed by atoms with Crippen LogP contribution in [0.15, 0.2) is 6.20 Å². The van der Waals surface area contributed by atoms with Crippen molar-refractivity contribution < 1.29 is 0 Å². The Kier molecular flexibility index (Phi) is 1.29. The van der Waals surface area contributed by atoms with Gasteiger partial charge in [-0.05, 0) is 30.9 Å². The molecule has 2 N–H and O–H groups in total. The summed E-state index contributed by atoms with van der Waals surface area (Å²) in [5.74, 6) is 1.58. The van der Waals surface area contributed by atoms with Crippen LogP contribution in [0.3, 0.4) is 0 Å². The second-order valence-electron chi connectivity index (χ2n) is 3.87. The van der Waals surface area contributed by atoms with E-state index in [1.54, 1.807) is 0 Å². The number of fused-ring (bicyclic) bond motifs is 3. The average molecular weight is 163 g/mol. The third kappa shape index (κ3) is 0.771. The third-order valence-corrected chi connectivity index (χ3v) is 3.25. The number of hydrogen-bond acceptors (Lipinski definition) is 2. The summed E-state index contributed by atoms with van der Waals surface area (Å²) in [6.45, 7) is 2.34. The van der Waals surface area contributed by atoms with Crippen LogP contribution in [-0.2, 0) is 6.42 Å². The summed E-state index contributed by atoms with van der Waals surface area (Å²) in [5, 5.41) is 10.7. The topological polar surface area (TPSA) is 40.7 Å². The normalized spacial score (nSPS) is 33.0. The van der Waals surface area contributed by atoms with Gasteiger partial charge in [-0.3, -0.25) is 5.10 Å². The number of aromatic nitrogens is 2. The number of aromatic amines is 1. The van der Waals surface area contributed by atoms with Gasteiger partial charge in [0.1, 0.15) is 0 Å². The number of nitrogens with zero attached hydrogens (tertiary/aromatic N) is 1. The second kappa shape index (κ2) is 2.33. The van der Waals surface area contributed by atoms with Crippen molar-refractivity contribution in [1.29, 1.82) is 0 Å². The molecule has 2 heterocycles. The molecule has 1 fully saturated rings. The molecule has 1 saturated heterocycles. The molecule has 0 spiro atoms. The lowest BCUT2D eigenvalue weighted by molar-refractivity contribution is 0.445. The van der Waals surface area contributed by atoms with E-state index in [0.717, 1.165) is 18.4 Å². The maximum Gasteiger partial charge on any atom is 0.0522 e. The maximum atomic E-state index is 4.11. The SMILES string of the molecule is c1n[nH]c2c1CC[C@@H]1CNC[C@@H]21. The third-order valence-electron chi connectivity index (χ3n) is 3.25. The number of nitrogens with one attached hydrogen (secondary N) is 2. The molecular weight excluding hydrogens is 150 g/mol. The van der Waals surface area contributed by atoms with E-state index in [1.807, 2.05) is 6.20 Å². The van der Waals surface area contributed by atoms with E-state index in [2.05, 4.69) is 15.5 Å². The smallest absolute Gasteiger partial charge is 0.0522 e. The minimum atomic E-state index is 0.719. The van der Waals surface area contributed by atoms with E-state index in [0.29, 0.717) is 0 Å². The molecule has 64 valence electrons. The summed E-state index contributed by atoms with van der Waals surface area (Å²) in [7, 11) is 0. The molecule has 0 amide bonds. The van der Waals surface area contributed by atoms with Gasteiger partial charge in [-0.2, -0.15) is 5.10 Å². The molecule has 1 aliphatic carbocycles. The lowest BCUT2D eigenvalue weighted by Gasteiger charge is -2.23. The Bertz CT molecular complexity index is 292. The fourth-order valence-electron chi connectivity index (χ4n) is 2.56. The molecule has 1 aromatic rings. The Morgan fingerprint density at radius 2 is 2.42 bits per heavy atom. The lowest BCUT2D eigenvalue weighted by atomic mass is 9.81. The van der Waals surface area contributed by atoms with Gasteiger partial charge in [-0.1, -0.05) is 0 Å². The molecule has 2 atom stereocenters. The quantitative estimate of drug-likeness (QED) is 0.590. The van der Waals surface area contributed by atoms with E-state index in [4.69, 9.17) is 0 Å². The second-order valence-corrected chi connectivity index (χ2v) is 3.87. The van der Waals surface area contributed by atoms with Gasteiger partial charge in [0.2, 0.25) is 0 Å². The van der Waals surface area contributed by atoms with Crippen molar-refractivity contribution >= 4 is 0 Å². The van der Waals surface area contributed by atoms with Crippen molar-refractivity contribution in [2.75, 3.05) is 13.1 Å². The van der Waals surface area contributed by atoms with E-state index < -0.39 is 0 Å². The first-order chi connectivity index (χ1) is 5.95. The number of aryl methyl sites for hydroxylation is 1. The zero-order valence-corrected chi connectivity index (χ0v) is 7.01. The van der Waals surface area contributed by atoms with Gasteiger partial charge in [-0.15, -0.1) is 0 Å². The number of H-pyrrole nitrogens is 1. The first-order valence-electron chi connectivity index (χ1n) is 4.68. The Balaban J connectivity index is 2.04. The summed E-state index contributed by atoms with van der Waals surface area (Å²) in [6.07, 6.45) is 4.54. The average Bonchev–Trinajstić information content (AvgIpc) is 2.71.